The molecule has 0 aliphatic carbocycles. The summed E-state index contributed by atoms with van der Waals surface area (Å²) in [7, 11) is 0. The van der Waals surface area contributed by atoms with Gasteiger partial charge in [-0.1, -0.05) is 35.5 Å². The molecule has 0 bridgehead atoms. The van der Waals surface area contributed by atoms with Crippen LogP contribution < -0.4 is 16.6 Å². The molecule has 0 saturated heterocycles. The fraction of sp³-hybridized carbons (Fsp3) is 0.0556. The van der Waals surface area contributed by atoms with Crippen LogP contribution >= 0.6 is 23.4 Å². The Morgan fingerprint density at radius 2 is 1.85 bits per heavy atom. The highest BCUT2D eigenvalue weighted by Crippen LogP contribution is 2.21. The Morgan fingerprint density at radius 1 is 1.19 bits per heavy atom. The Balaban J connectivity index is 1.72. The van der Waals surface area contributed by atoms with Gasteiger partial charge in [-0.3, -0.25) is 14.6 Å². The van der Waals surface area contributed by atoms with E-state index in [2.05, 4.69) is 15.3 Å². The molecule has 1 aromatic heterocycles. The number of rotatable bonds is 5. The number of amides is 1. The number of nitrogens with two attached hydrogens (primary N) is 1. The fourth-order valence-corrected chi connectivity index (χ4v) is 3.13. The minimum Gasteiger partial charge on any atom is -0.382 e. The Kier molecular flexibility index (Phi) is 5.78. The number of hydrogen-bond acceptors (Lipinski definition) is 5. The molecule has 9 heteroatoms. The summed E-state index contributed by atoms with van der Waals surface area (Å²) in [5.74, 6) is -0.445. The Morgan fingerprint density at radius 3 is 2.48 bits per heavy atom. The smallest absolute Gasteiger partial charge is 0.277 e. The van der Waals surface area contributed by atoms with Gasteiger partial charge in [0.2, 0.25) is 0 Å². The van der Waals surface area contributed by atoms with Gasteiger partial charge in [-0.25, -0.2) is 9.37 Å². The number of H-pyrrole nitrogens is 1. The third kappa shape index (κ3) is 4.87. The van der Waals surface area contributed by atoms with Gasteiger partial charge in [0.15, 0.2) is 11.0 Å². The van der Waals surface area contributed by atoms with Gasteiger partial charge in [-0.15, -0.1) is 0 Å². The van der Waals surface area contributed by atoms with Crippen LogP contribution in [0, 0.1) is 5.82 Å². The van der Waals surface area contributed by atoms with E-state index < -0.39 is 11.5 Å². The van der Waals surface area contributed by atoms with Crippen molar-refractivity contribution in [1.82, 2.24) is 9.97 Å². The van der Waals surface area contributed by atoms with Gasteiger partial charge in [0.25, 0.3) is 11.5 Å². The van der Waals surface area contributed by atoms with Crippen molar-refractivity contribution in [1.29, 1.82) is 0 Å². The van der Waals surface area contributed by atoms with E-state index in [1.165, 1.54) is 36.0 Å². The zero-order valence-corrected chi connectivity index (χ0v) is 15.4. The van der Waals surface area contributed by atoms with Crippen molar-refractivity contribution in [2.45, 2.75) is 10.9 Å². The predicted molar refractivity (Wildman–Crippen MR) is 105 cm³/mol. The molecule has 0 atom stereocenters. The van der Waals surface area contributed by atoms with Gasteiger partial charge in [0.05, 0.1) is 0 Å². The SMILES string of the molecule is Nc1nc(SCc2ccc(F)cc2)[nH]c(=O)c1NC(=O)c1ccc(Cl)cc1. The van der Waals surface area contributed by atoms with Crippen molar-refractivity contribution >= 4 is 40.8 Å². The number of nitrogens with one attached hydrogen (secondary N) is 2. The lowest BCUT2D eigenvalue weighted by atomic mass is 10.2. The maximum absolute atomic E-state index is 12.9. The van der Waals surface area contributed by atoms with E-state index in [9.17, 15) is 14.0 Å². The molecular formula is C18H14ClFN4O2S. The van der Waals surface area contributed by atoms with Crippen LogP contribution in [0.15, 0.2) is 58.5 Å². The summed E-state index contributed by atoms with van der Waals surface area (Å²) in [5, 5.41) is 3.25. The van der Waals surface area contributed by atoms with Crippen LogP contribution in [-0.2, 0) is 5.75 Å². The number of aromatic nitrogens is 2. The molecule has 0 unspecified atom stereocenters. The van der Waals surface area contributed by atoms with Crippen molar-refractivity contribution in [2.75, 3.05) is 11.1 Å². The maximum Gasteiger partial charge on any atom is 0.277 e. The Hall–Kier alpha value is -2.84. The minimum atomic E-state index is -0.564. The summed E-state index contributed by atoms with van der Waals surface area (Å²) in [6.45, 7) is 0. The lowest BCUT2D eigenvalue weighted by Crippen LogP contribution is -2.23. The highest BCUT2D eigenvalue weighted by atomic mass is 35.5. The van der Waals surface area contributed by atoms with E-state index >= 15 is 0 Å². The fourth-order valence-electron chi connectivity index (χ4n) is 2.18. The van der Waals surface area contributed by atoms with Crippen LogP contribution in [0.25, 0.3) is 0 Å². The molecule has 6 nitrogen and oxygen atoms in total. The zero-order chi connectivity index (χ0) is 19.4. The molecule has 0 spiro atoms. The van der Waals surface area contributed by atoms with E-state index in [1.54, 1.807) is 24.3 Å². The number of hydrogen-bond donors (Lipinski definition) is 3. The van der Waals surface area contributed by atoms with Gasteiger partial charge in [-0.2, -0.15) is 0 Å². The van der Waals surface area contributed by atoms with Gasteiger partial charge >= 0.3 is 0 Å². The summed E-state index contributed by atoms with van der Waals surface area (Å²) >= 11 is 7.03. The van der Waals surface area contributed by atoms with Gasteiger partial charge in [0.1, 0.15) is 11.5 Å². The Bertz CT molecular complexity index is 1020. The average molecular weight is 405 g/mol. The van der Waals surface area contributed by atoms with Crippen LogP contribution in [-0.4, -0.2) is 15.9 Å². The van der Waals surface area contributed by atoms with Gasteiger partial charge in [0, 0.05) is 16.3 Å². The second-order valence-corrected chi connectivity index (χ2v) is 6.91. The molecule has 0 aliphatic heterocycles. The summed E-state index contributed by atoms with van der Waals surface area (Å²) < 4.78 is 12.9. The van der Waals surface area contributed by atoms with Crippen LogP contribution in [0.1, 0.15) is 15.9 Å². The molecule has 0 aliphatic rings. The number of benzene rings is 2. The molecule has 138 valence electrons. The standard InChI is InChI=1S/C18H14ClFN4O2S/c19-12-5-3-11(4-6-12)16(25)22-14-15(21)23-18(24-17(14)26)27-9-10-1-7-13(20)8-2-10/h1-8H,9H2,(H,22,25)(H3,21,23,24,26). The first-order chi connectivity index (χ1) is 12.9. The van der Waals surface area contributed by atoms with Crippen molar-refractivity contribution < 1.29 is 9.18 Å². The van der Waals surface area contributed by atoms with E-state index in [0.29, 0.717) is 21.5 Å². The Labute approximate surface area is 163 Å². The number of halogens is 2. The summed E-state index contributed by atoms with van der Waals surface area (Å²) in [4.78, 5) is 31.2. The van der Waals surface area contributed by atoms with Crippen LogP contribution in [0.3, 0.4) is 0 Å². The van der Waals surface area contributed by atoms with Crippen molar-refractivity contribution in [3.05, 3.63) is 80.9 Å². The molecular weight excluding hydrogens is 391 g/mol. The number of thioether (sulfide) groups is 1. The predicted octanol–water partition coefficient (Wildman–Crippen LogP) is 3.69. The third-order valence-electron chi connectivity index (χ3n) is 3.56. The minimum absolute atomic E-state index is 0.0948. The maximum atomic E-state index is 12.9. The second-order valence-electron chi connectivity index (χ2n) is 5.51. The van der Waals surface area contributed by atoms with E-state index in [4.69, 9.17) is 17.3 Å². The lowest BCUT2D eigenvalue weighted by Gasteiger charge is -2.08. The third-order valence-corrected chi connectivity index (χ3v) is 4.76. The quantitative estimate of drug-likeness (QED) is 0.444. The van der Waals surface area contributed by atoms with Crippen molar-refractivity contribution in [3.8, 4) is 0 Å². The van der Waals surface area contributed by atoms with E-state index in [1.807, 2.05) is 0 Å². The van der Waals surface area contributed by atoms with Gasteiger partial charge in [-0.05, 0) is 42.0 Å². The van der Waals surface area contributed by atoms with Crippen LogP contribution in [0.5, 0.6) is 0 Å². The molecule has 0 radical (unpaired) electrons. The summed E-state index contributed by atoms with van der Waals surface area (Å²) in [6.07, 6.45) is 0. The summed E-state index contributed by atoms with van der Waals surface area (Å²) in [6, 6.07) is 12.2. The first-order valence-electron chi connectivity index (χ1n) is 7.76. The molecule has 1 heterocycles. The monoisotopic (exact) mass is 404 g/mol. The molecule has 2 aromatic carbocycles. The van der Waals surface area contributed by atoms with Crippen molar-refractivity contribution in [3.63, 3.8) is 0 Å². The molecule has 3 rings (SSSR count). The molecule has 4 N–H and O–H groups in total. The van der Waals surface area contributed by atoms with Crippen LogP contribution in [0.2, 0.25) is 5.02 Å². The van der Waals surface area contributed by atoms with E-state index in [0.717, 1.165) is 5.56 Å². The first kappa shape index (κ1) is 18.9. The second kappa shape index (κ2) is 8.24. The molecule has 0 saturated carbocycles. The molecule has 3 aromatic rings. The first-order valence-corrected chi connectivity index (χ1v) is 9.12. The highest BCUT2D eigenvalue weighted by Gasteiger charge is 2.14. The number of nitrogens with zero attached hydrogens (tertiary/aromatic N) is 1. The largest absolute Gasteiger partial charge is 0.382 e. The molecule has 1 amide bonds. The number of nitrogen functional groups attached to an aromatic ring is 1. The lowest BCUT2D eigenvalue weighted by molar-refractivity contribution is 0.102. The topological polar surface area (TPSA) is 101 Å². The normalized spacial score (nSPS) is 10.6. The summed E-state index contributed by atoms with van der Waals surface area (Å²) in [5.41, 5.74) is 6.33. The van der Waals surface area contributed by atoms with Crippen molar-refractivity contribution in [2.24, 2.45) is 0 Å². The average Bonchev–Trinajstić information content (AvgIpc) is 2.64. The van der Waals surface area contributed by atoms with Crippen LogP contribution in [0.4, 0.5) is 15.9 Å². The molecule has 27 heavy (non-hydrogen) atoms. The number of carbonyl (C=O) groups is 1. The van der Waals surface area contributed by atoms with Gasteiger partial charge < -0.3 is 11.1 Å². The zero-order valence-electron chi connectivity index (χ0n) is 13.8. The highest BCUT2D eigenvalue weighted by molar-refractivity contribution is 7.98. The number of aromatic amines is 1. The van der Waals surface area contributed by atoms with E-state index in [-0.39, 0.29) is 17.3 Å². The number of anilines is 2. The molecule has 0 fully saturated rings. The number of carbonyl (C=O) groups excluding carboxylic acids is 1.